The van der Waals surface area contributed by atoms with Crippen molar-refractivity contribution < 1.29 is 14.6 Å². The van der Waals surface area contributed by atoms with E-state index in [0.717, 1.165) is 5.56 Å². The maximum Gasteiger partial charge on any atom is 0.268 e. The number of fused-ring (bicyclic) bond motifs is 1. The highest BCUT2D eigenvalue weighted by Crippen LogP contribution is 2.36. The Labute approximate surface area is 136 Å². The van der Waals surface area contributed by atoms with E-state index in [9.17, 15) is 9.90 Å². The zero-order chi connectivity index (χ0) is 16.6. The Morgan fingerprint density at radius 1 is 1.17 bits per heavy atom. The summed E-state index contributed by atoms with van der Waals surface area (Å²) in [5.74, 6) is 1.13. The predicted molar refractivity (Wildman–Crippen MR) is 90.2 cm³/mol. The number of phenols is 1. The van der Waals surface area contributed by atoms with Crippen molar-refractivity contribution in [1.82, 2.24) is 0 Å². The quantitative estimate of drug-likeness (QED) is 0.944. The highest BCUT2D eigenvalue weighted by Gasteiger charge is 2.32. The molecular formula is C19H21NO3. The summed E-state index contributed by atoms with van der Waals surface area (Å²) in [6, 6.07) is 13.1. The van der Waals surface area contributed by atoms with Gasteiger partial charge in [0.05, 0.1) is 5.69 Å². The van der Waals surface area contributed by atoms with Gasteiger partial charge >= 0.3 is 0 Å². The van der Waals surface area contributed by atoms with Crippen LogP contribution in [0.1, 0.15) is 30.9 Å². The molecule has 1 amide bonds. The molecule has 2 aromatic rings. The number of nitrogens with zero attached hydrogens (tertiary/aromatic N) is 1. The second-order valence-corrected chi connectivity index (χ2v) is 6.26. The predicted octanol–water partition coefficient (Wildman–Crippen LogP) is 3.48. The van der Waals surface area contributed by atoms with E-state index < -0.39 is 6.10 Å². The van der Waals surface area contributed by atoms with E-state index in [0.29, 0.717) is 23.8 Å². The fourth-order valence-corrected chi connectivity index (χ4v) is 2.79. The molecule has 0 bridgehead atoms. The highest BCUT2D eigenvalue weighted by atomic mass is 16.5. The van der Waals surface area contributed by atoms with Gasteiger partial charge in [-0.3, -0.25) is 4.79 Å². The third-order valence-corrected chi connectivity index (χ3v) is 4.25. The van der Waals surface area contributed by atoms with E-state index in [1.165, 1.54) is 5.56 Å². The van der Waals surface area contributed by atoms with Crippen LogP contribution in [0.2, 0.25) is 0 Å². The maximum absolute atomic E-state index is 12.5. The molecule has 0 saturated heterocycles. The van der Waals surface area contributed by atoms with Gasteiger partial charge in [-0.1, -0.05) is 38.1 Å². The SMILES string of the molecule is CC(C)c1ccc(CC2Oc3ccc(O)cc3N(C)C2=O)cc1. The minimum atomic E-state index is -0.540. The molecule has 1 unspecified atom stereocenters. The zero-order valence-corrected chi connectivity index (χ0v) is 13.6. The fourth-order valence-electron chi connectivity index (χ4n) is 2.79. The third kappa shape index (κ3) is 3.02. The summed E-state index contributed by atoms with van der Waals surface area (Å²) in [6.07, 6.45) is -0.0102. The van der Waals surface area contributed by atoms with Crippen LogP contribution < -0.4 is 9.64 Å². The van der Waals surface area contributed by atoms with E-state index in [2.05, 4.69) is 38.1 Å². The lowest BCUT2D eigenvalue weighted by Crippen LogP contribution is -2.44. The van der Waals surface area contributed by atoms with Gasteiger partial charge in [0.15, 0.2) is 6.10 Å². The van der Waals surface area contributed by atoms with E-state index >= 15 is 0 Å². The summed E-state index contributed by atoms with van der Waals surface area (Å²) in [7, 11) is 1.71. The number of amides is 1. The van der Waals surface area contributed by atoms with E-state index in [1.54, 1.807) is 30.1 Å². The summed E-state index contributed by atoms with van der Waals surface area (Å²) >= 11 is 0. The van der Waals surface area contributed by atoms with Crippen molar-refractivity contribution in [2.45, 2.75) is 32.3 Å². The van der Waals surface area contributed by atoms with Gasteiger partial charge in [-0.05, 0) is 29.2 Å². The number of aromatic hydroxyl groups is 1. The molecule has 0 saturated carbocycles. The number of carbonyl (C=O) groups is 1. The Kier molecular flexibility index (Phi) is 3.99. The Balaban J connectivity index is 1.81. The van der Waals surface area contributed by atoms with Crippen LogP contribution in [-0.2, 0) is 11.2 Å². The minimum absolute atomic E-state index is 0.101. The lowest BCUT2D eigenvalue weighted by atomic mass is 9.99. The standard InChI is InChI=1S/C19H21NO3/c1-12(2)14-6-4-13(5-7-14)10-18-19(22)20(3)16-11-15(21)8-9-17(16)23-18/h4-9,11-12,18,21H,10H2,1-3H3. The Hall–Kier alpha value is -2.49. The van der Waals surface area contributed by atoms with E-state index in [4.69, 9.17) is 4.74 Å². The molecule has 3 rings (SSSR count). The van der Waals surface area contributed by atoms with Crippen LogP contribution in [-0.4, -0.2) is 24.2 Å². The zero-order valence-electron chi connectivity index (χ0n) is 13.6. The number of benzene rings is 2. The summed E-state index contributed by atoms with van der Waals surface area (Å²) in [6.45, 7) is 4.31. The lowest BCUT2D eigenvalue weighted by molar-refractivity contribution is -0.125. The molecule has 4 heteroatoms. The summed E-state index contributed by atoms with van der Waals surface area (Å²) in [5.41, 5.74) is 2.95. The first-order chi connectivity index (χ1) is 11.0. The first-order valence-electron chi connectivity index (χ1n) is 7.82. The Morgan fingerprint density at radius 2 is 1.87 bits per heavy atom. The number of phenolic OH excluding ortho intramolecular Hbond substituents is 1. The molecule has 0 spiro atoms. The molecule has 2 aromatic carbocycles. The molecule has 1 aliphatic rings. The number of hydrogen-bond acceptors (Lipinski definition) is 3. The normalized spacial score (nSPS) is 17.1. The number of hydrogen-bond donors (Lipinski definition) is 1. The van der Waals surface area contributed by atoms with Crippen molar-refractivity contribution in [2.75, 3.05) is 11.9 Å². The number of anilines is 1. The van der Waals surface area contributed by atoms with Gasteiger partial charge in [-0.15, -0.1) is 0 Å². The molecule has 1 heterocycles. The first kappa shape index (κ1) is 15.4. The van der Waals surface area contributed by atoms with E-state index in [-0.39, 0.29) is 11.7 Å². The minimum Gasteiger partial charge on any atom is -0.508 e. The molecule has 23 heavy (non-hydrogen) atoms. The second kappa shape index (κ2) is 5.95. The topological polar surface area (TPSA) is 49.8 Å². The highest BCUT2D eigenvalue weighted by molar-refractivity contribution is 5.99. The number of rotatable bonds is 3. The molecule has 4 nitrogen and oxygen atoms in total. The third-order valence-electron chi connectivity index (χ3n) is 4.25. The second-order valence-electron chi connectivity index (χ2n) is 6.26. The van der Waals surface area contributed by atoms with Gasteiger partial charge in [-0.25, -0.2) is 0 Å². The Morgan fingerprint density at radius 3 is 2.52 bits per heavy atom. The monoisotopic (exact) mass is 311 g/mol. The molecule has 0 fully saturated rings. The number of ether oxygens (including phenoxy) is 1. The van der Waals surface area contributed by atoms with Gasteiger partial charge < -0.3 is 14.7 Å². The van der Waals surface area contributed by atoms with Gasteiger partial charge in [-0.2, -0.15) is 0 Å². The summed E-state index contributed by atoms with van der Waals surface area (Å²) in [5, 5.41) is 9.57. The average Bonchev–Trinajstić information content (AvgIpc) is 2.53. The van der Waals surface area contributed by atoms with Crippen molar-refractivity contribution in [3.05, 3.63) is 53.6 Å². The molecule has 0 aromatic heterocycles. The number of likely N-dealkylation sites (N-methyl/N-ethyl adjacent to an activating group) is 1. The van der Waals surface area contributed by atoms with Crippen LogP contribution >= 0.6 is 0 Å². The van der Waals surface area contributed by atoms with Crippen LogP contribution in [0.25, 0.3) is 0 Å². The average molecular weight is 311 g/mol. The van der Waals surface area contributed by atoms with Crippen molar-refractivity contribution >= 4 is 11.6 Å². The fraction of sp³-hybridized carbons (Fsp3) is 0.316. The van der Waals surface area contributed by atoms with Crippen LogP contribution in [0.3, 0.4) is 0 Å². The smallest absolute Gasteiger partial charge is 0.268 e. The van der Waals surface area contributed by atoms with Crippen LogP contribution in [0, 0.1) is 0 Å². The summed E-state index contributed by atoms with van der Waals surface area (Å²) < 4.78 is 5.85. The molecule has 0 aliphatic carbocycles. The molecule has 120 valence electrons. The van der Waals surface area contributed by atoms with Crippen molar-refractivity contribution in [1.29, 1.82) is 0 Å². The van der Waals surface area contributed by atoms with Gasteiger partial charge in [0.25, 0.3) is 5.91 Å². The van der Waals surface area contributed by atoms with Crippen LogP contribution in [0.5, 0.6) is 11.5 Å². The van der Waals surface area contributed by atoms with Gasteiger partial charge in [0, 0.05) is 19.5 Å². The van der Waals surface area contributed by atoms with Gasteiger partial charge in [0.1, 0.15) is 11.5 Å². The molecule has 1 N–H and O–H groups in total. The first-order valence-corrected chi connectivity index (χ1v) is 7.82. The lowest BCUT2D eigenvalue weighted by Gasteiger charge is -2.32. The number of carbonyl (C=O) groups excluding carboxylic acids is 1. The van der Waals surface area contributed by atoms with Crippen molar-refractivity contribution in [3.63, 3.8) is 0 Å². The molecule has 1 aliphatic heterocycles. The molecular weight excluding hydrogens is 290 g/mol. The summed E-state index contributed by atoms with van der Waals surface area (Å²) in [4.78, 5) is 14.0. The van der Waals surface area contributed by atoms with Crippen LogP contribution in [0.4, 0.5) is 5.69 Å². The van der Waals surface area contributed by atoms with Crippen LogP contribution in [0.15, 0.2) is 42.5 Å². The Bertz CT molecular complexity index is 722. The molecule has 0 radical (unpaired) electrons. The molecule has 1 atom stereocenters. The van der Waals surface area contributed by atoms with Crippen molar-refractivity contribution in [3.8, 4) is 11.5 Å². The van der Waals surface area contributed by atoms with Gasteiger partial charge in [0.2, 0.25) is 0 Å². The van der Waals surface area contributed by atoms with Crippen molar-refractivity contribution in [2.24, 2.45) is 0 Å². The van der Waals surface area contributed by atoms with E-state index in [1.807, 2.05) is 0 Å². The largest absolute Gasteiger partial charge is 0.508 e. The maximum atomic E-state index is 12.5.